The first-order chi connectivity index (χ1) is 10.2. The lowest BCUT2D eigenvalue weighted by molar-refractivity contribution is 0.102. The minimum Gasteiger partial charge on any atom is -0.320 e. The first-order valence-corrected chi connectivity index (χ1v) is 6.43. The van der Waals surface area contributed by atoms with E-state index in [0.717, 1.165) is 11.3 Å². The number of hydrogen-bond donors (Lipinski definition) is 1. The fraction of sp³-hybridized carbons (Fsp3) is 0.0667. The first-order valence-electron chi connectivity index (χ1n) is 6.43. The number of carbonyl (C=O) groups excluding carboxylic acids is 1. The van der Waals surface area contributed by atoms with Gasteiger partial charge in [-0.15, -0.1) is 10.2 Å². The number of aromatic nitrogens is 4. The molecule has 0 radical (unpaired) electrons. The maximum Gasteiger partial charge on any atom is 0.276 e. The Balaban J connectivity index is 1.78. The number of nitrogens with one attached hydrogen (secondary N) is 1. The molecule has 0 fully saturated rings. The second kappa shape index (κ2) is 5.54. The maximum atomic E-state index is 12.1. The van der Waals surface area contributed by atoms with Crippen LogP contribution in [0.5, 0.6) is 0 Å². The van der Waals surface area contributed by atoms with Gasteiger partial charge in [0.05, 0.1) is 0 Å². The van der Waals surface area contributed by atoms with E-state index in [1.165, 1.54) is 0 Å². The molecule has 2 aromatic heterocycles. The van der Waals surface area contributed by atoms with Crippen molar-refractivity contribution in [3.63, 3.8) is 0 Å². The van der Waals surface area contributed by atoms with Gasteiger partial charge in [0.25, 0.3) is 5.91 Å². The van der Waals surface area contributed by atoms with Crippen molar-refractivity contribution in [2.24, 2.45) is 0 Å². The van der Waals surface area contributed by atoms with E-state index in [0.29, 0.717) is 5.82 Å². The second-order valence-electron chi connectivity index (χ2n) is 4.52. The monoisotopic (exact) mass is 279 g/mol. The number of rotatable bonds is 3. The number of benzene rings is 1. The Morgan fingerprint density at radius 1 is 1.14 bits per heavy atom. The van der Waals surface area contributed by atoms with Crippen molar-refractivity contribution >= 4 is 11.6 Å². The molecule has 0 bridgehead atoms. The molecule has 3 aromatic rings. The van der Waals surface area contributed by atoms with Crippen LogP contribution in [-0.2, 0) is 0 Å². The summed E-state index contributed by atoms with van der Waals surface area (Å²) in [5.41, 5.74) is 2.03. The summed E-state index contributed by atoms with van der Waals surface area (Å²) < 4.78 is 1.72. The van der Waals surface area contributed by atoms with Crippen LogP contribution in [0.3, 0.4) is 0 Å². The van der Waals surface area contributed by atoms with Gasteiger partial charge < -0.3 is 5.32 Å². The molecule has 0 atom stereocenters. The summed E-state index contributed by atoms with van der Waals surface area (Å²) in [4.78, 5) is 16.1. The molecule has 1 amide bonds. The van der Waals surface area contributed by atoms with Gasteiger partial charge in [-0.2, -0.15) is 0 Å². The second-order valence-corrected chi connectivity index (χ2v) is 4.52. The van der Waals surface area contributed by atoms with E-state index < -0.39 is 0 Å². The zero-order valence-electron chi connectivity index (χ0n) is 11.4. The summed E-state index contributed by atoms with van der Waals surface area (Å²) >= 11 is 0. The number of hydrogen-bond acceptors (Lipinski definition) is 4. The molecule has 1 N–H and O–H groups in total. The fourth-order valence-electron chi connectivity index (χ4n) is 1.88. The van der Waals surface area contributed by atoms with Crippen LogP contribution in [0, 0.1) is 6.92 Å². The van der Waals surface area contributed by atoms with E-state index in [1.807, 2.05) is 31.2 Å². The molecule has 0 saturated heterocycles. The molecule has 0 aliphatic heterocycles. The minimum atomic E-state index is -0.283. The van der Waals surface area contributed by atoms with Crippen LogP contribution < -0.4 is 5.32 Å². The summed E-state index contributed by atoms with van der Waals surface area (Å²) in [7, 11) is 0. The highest BCUT2D eigenvalue weighted by atomic mass is 16.1. The van der Waals surface area contributed by atoms with Crippen molar-refractivity contribution in [1.29, 1.82) is 0 Å². The van der Waals surface area contributed by atoms with Crippen LogP contribution in [0.25, 0.3) is 5.82 Å². The topological polar surface area (TPSA) is 72.7 Å². The lowest BCUT2D eigenvalue weighted by Gasteiger charge is -2.07. The van der Waals surface area contributed by atoms with Gasteiger partial charge >= 0.3 is 0 Å². The van der Waals surface area contributed by atoms with E-state index in [4.69, 9.17) is 0 Å². The molecule has 0 aliphatic carbocycles. The van der Waals surface area contributed by atoms with Crippen LogP contribution in [0.1, 0.15) is 16.1 Å². The highest BCUT2D eigenvalue weighted by Crippen LogP contribution is 2.14. The standard InChI is InChI=1S/C15H13N5O/c1-11-4-2-3-5-12(11)17-15(21)13-6-7-14(19-18-13)20-9-8-16-10-20/h2-10H,1H3,(H,17,21). The number of anilines is 1. The molecule has 104 valence electrons. The van der Waals surface area contributed by atoms with Crippen molar-refractivity contribution in [3.05, 3.63) is 66.4 Å². The van der Waals surface area contributed by atoms with E-state index in [-0.39, 0.29) is 11.6 Å². The van der Waals surface area contributed by atoms with Crippen LogP contribution >= 0.6 is 0 Å². The Morgan fingerprint density at radius 3 is 2.67 bits per heavy atom. The summed E-state index contributed by atoms with van der Waals surface area (Å²) in [6, 6.07) is 10.9. The molecule has 6 heteroatoms. The number of amides is 1. The molecule has 6 nitrogen and oxygen atoms in total. The van der Waals surface area contributed by atoms with Crippen molar-refractivity contribution < 1.29 is 4.79 Å². The minimum absolute atomic E-state index is 0.266. The maximum absolute atomic E-state index is 12.1. The molecule has 1 aromatic carbocycles. The SMILES string of the molecule is Cc1ccccc1NC(=O)c1ccc(-n2ccnc2)nn1. The molecule has 0 saturated carbocycles. The molecule has 21 heavy (non-hydrogen) atoms. The molecule has 0 spiro atoms. The number of imidazole rings is 1. The predicted octanol–water partition coefficient (Wildman–Crippen LogP) is 2.22. The van der Waals surface area contributed by atoms with Gasteiger partial charge in [-0.25, -0.2) is 4.98 Å². The number of para-hydroxylation sites is 1. The zero-order valence-corrected chi connectivity index (χ0v) is 11.4. The van der Waals surface area contributed by atoms with Crippen molar-refractivity contribution in [1.82, 2.24) is 19.7 Å². The van der Waals surface area contributed by atoms with Gasteiger partial charge in [0.1, 0.15) is 6.33 Å². The third-order valence-corrected chi connectivity index (χ3v) is 3.05. The highest BCUT2D eigenvalue weighted by molar-refractivity contribution is 6.03. The summed E-state index contributed by atoms with van der Waals surface area (Å²) in [6.45, 7) is 1.93. The smallest absolute Gasteiger partial charge is 0.276 e. The Kier molecular flexibility index (Phi) is 3.42. The van der Waals surface area contributed by atoms with Gasteiger partial charge in [0.2, 0.25) is 0 Å². The molecular weight excluding hydrogens is 266 g/mol. The first kappa shape index (κ1) is 13.0. The Labute approximate surface area is 121 Å². The lowest BCUT2D eigenvalue weighted by atomic mass is 10.2. The van der Waals surface area contributed by atoms with E-state index in [1.54, 1.807) is 35.4 Å². The van der Waals surface area contributed by atoms with E-state index in [9.17, 15) is 4.79 Å². The normalized spacial score (nSPS) is 10.3. The Morgan fingerprint density at radius 2 is 2.00 bits per heavy atom. The van der Waals surface area contributed by atoms with Gasteiger partial charge in [-0.3, -0.25) is 9.36 Å². The van der Waals surface area contributed by atoms with Gasteiger partial charge in [0, 0.05) is 18.1 Å². The van der Waals surface area contributed by atoms with Crippen LogP contribution in [0.15, 0.2) is 55.1 Å². The van der Waals surface area contributed by atoms with Crippen LogP contribution in [0.4, 0.5) is 5.69 Å². The summed E-state index contributed by atoms with van der Waals surface area (Å²) in [6.07, 6.45) is 5.04. The lowest BCUT2D eigenvalue weighted by Crippen LogP contribution is -2.15. The van der Waals surface area contributed by atoms with Gasteiger partial charge in [0.15, 0.2) is 11.5 Å². The molecule has 3 rings (SSSR count). The largest absolute Gasteiger partial charge is 0.320 e. The third kappa shape index (κ3) is 2.79. The van der Waals surface area contributed by atoms with Crippen molar-refractivity contribution in [3.8, 4) is 5.82 Å². The average molecular weight is 279 g/mol. The molecule has 2 heterocycles. The van der Waals surface area contributed by atoms with Crippen molar-refractivity contribution in [2.45, 2.75) is 6.92 Å². The summed E-state index contributed by atoms with van der Waals surface area (Å²) in [5, 5.41) is 10.8. The van der Waals surface area contributed by atoms with Gasteiger partial charge in [-0.1, -0.05) is 18.2 Å². The Hall–Kier alpha value is -3.02. The van der Waals surface area contributed by atoms with E-state index in [2.05, 4.69) is 20.5 Å². The predicted molar refractivity (Wildman–Crippen MR) is 78.3 cm³/mol. The number of nitrogens with zero attached hydrogens (tertiary/aromatic N) is 4. The van der Waals surface area contributed by atoms with Crippen LogP contribution in [0.2, 0.25) is 0 Å². The van der Waals surface area contributed by atoms with Crippen molar-refractivity contribution in [2.75, 3.05) is 5.32 Å². The fourth-order valence-corrected chi connectivity index (χ4v) is 1.88. The van der Waals surface area contributed by atoms with Gasteiger partial charge in [-0.05, 0) is 30.7 Å². The van der Waals surface area contributed by atoms with E-state index >= 15 is 0 Å². The van der Waals surface area contributed by atoms with Crippen LogP contribution in [-0.4, -0.2) is 25.7 Å². The molecular formula is C15H13N5O. The number of carbonyl (C=O) groups is 1. The average Bonchev–Trinajstić information content (AvgIpc) is 3.04. The molecule has 0 unspecified atom stereocenters. The third-order valence-electron chi connectivity index (χ3n) is 3.05. The molecule has 0 aliphatic rings. The quantitative estimate of drug-likeness (QED) is 0.798. The summed E-state index contributed by atoms with van der Waals surface area (Å²) in [5.74, 6) is 0.328. The Bertz CT molecular complexity index is 750. The number of aryl methyl sites for hydroxylation is 1. The zero-order chi connectivity index (χ0) is 14.7. The highest BCUT2D eigenvalue weighted by Gasteiger charge is 2.10.